The molecule has 34 heavy (non-hydrogen) atoms. The van der Waals surface area contributed by atoms with Crippen LogP contribution in [0.1, 0.15) is 5.56 Å². The molecule has 6 rings (SSSR count). The summed E-state index contributed by atoms with van der Waals surface area (Å²) >= 11 is 0. The van der Waals surface area contributed by atoms with Crippen LogP contribution in [0.4, 0.5) is 5.69 Å². The number of nitrogens with zero attached hydrogens (tertiary/aromatic N) is 4. The second kappa shape index (κ2) is 10.9. The maximum atomic E-state index is 7.23. The van der Waals surface area contributed by atoms with Crippen LogP contribution in [0.3, 0.4) is 0 Å². The second-order valence-corrected chi connectivity index (χ2v) is 7.60. The molecule has 167 valence electrons. The quantitative estimate of drug-likeness (QED) is 0.208. The standard InChI is InChI=1S/C18H11N2.C11H9N2.Ir/c1-19-17-10-6-5-9-16(17)18-13-15(11-12-20-18)14-7-3-2-4-8-14;1-2-4-10-9(3-1)5-7-13-8-6-12-11(10)13;/h2-8,10-13H;1-3,6,8H,5,7H2;/q2*-1;. The van der Waals surface area contributed by atoms with Gasteiger partial charge in [-0.1, -0.05) is 42.5 Å². The SMILES string of the molecule is [C-]#[N+]c1ccc[c-]c1-c1cc(-c2ccccc2)ccn1.[Ir].[c-]1cccc2c1-c1nccn1CC2. The number of hydrogen-bond acceptors (Lipinski definition) is 2. The van der Waals surface area contributed by atoms with Gasteiger partial charge in [-0.2, -0.15) is 4.85 Å². The summed E-state index contributed by atoms with van der Waals surface area (Å²) in [6.07, 6.45) is 6.74. The van der Waals surface area contributed by atoms with Gasteiger partial charge in [0.15, 0.2) is 0 Å². The Hall–Kier alpha value is -3.84. The first-order valence-electron chi connectivity index (χ1n) is 10.7. The van der Waals surface area contributed by atoms with Crippen LogP contribution in [0.15, 0.2) is 97.5 Å². The van der Waals surface area contributed by atoms with E-state index in [1.165, 1.54) is 11.1 Å². The molecule has 0 spiro atoms. The number of aromatic nitrogens is 3. The van der Waals surface area contributed by atoms with Crippen LogP contribution in [0, 0.1) is 18.7 Å². The van der Waals surface area contributed by atoms with Crippen molar-refractivity contribution < 1.29 is 20.1 Å². The Morgan fingerprint density at radius 3 is 2.44 bits per heavy atom. The summed E-state index contributed by atoms with van der Waals surface area (Å²) < 4.78 is 2.18. The molecule has 1 aliphatic rings. The van der Waals surface area contributed by atoms with E-state index in [0.29, 0.717) is 5.69 Å². The zero-order chi connectivity index (χ0) is 22.5. The number of hydrogen-bond donors (Lipinski definition) is 0. The summed E-state index contributed by atoms with van der Waals surface area (Å²) in [6, 6.07) is 32.0. The van der Waals surface area contributed by atoms with Crippen molar-refractivity contribution >= 4 is 5.69 Å². The number of imidazole rings is 1. The molecule has 3 aromatic carbocycles. The molecule has 1 aliphatic heterocycles. The van der Waals surface area contributed by atoms with Crippen LogP contribution in [0.2, 0.25) is 0 Å². The third kappa shape index (κ3) is 4.89. The first-order valence-corrected chi connectivity index (χ1v) is 10.7. The van der Waals surface area contributed by atoms with Gasteiger partial charge >= 0.3 is 0 Å². The van der Waals surface area contributed by atoms with Crippen molar-refractivity contribution in [1.82, 2.24) is 14.5 Å². The van der Waals surface area contributed by atoms with Gasteiger partial charge in [0, 0.05) is 45.2 Å². The summed E-state index contributed by atoms with van der Waals surface area (Å²) in [5, 5.41) is 0. The number of aryl methyl sites for hydroxylation is 2. The van der Waals surface area contributed by atoms with Gasteiger partial charge in [-0.15, -0.1) is 53.6 Å². The zero-order valence-electron chi connectivity index (χ0n) is 18.3. The van der Waals surface area contributed by atoms with Gasteiger partial charge < -0.3 is 9.55 Å². The zero-order valence-corrected chi connectivity index (χ0v) is 20.7. The van der Waals surface area contributed by atoms with Gasteiger partial charge in [0.25, 0.3) is 0 Å². The van der Waals surface area contributed by atoms with Crippen LogP contribution in [0.5, 0.6) is 0 Å². The van der Waals surface area contributed by atoms with Crippen molar-refractivity contribution in [3.63, 3.8) is 0 Å². The Morgan fingerprint density at radius 2 is 1.62 bits per heavy atom. The molecule has 0 saturated heterocycles. The van der Waals surface area contributed by atoms with Gasteiger partial charge in [0.05, 0.1) is 5.82 Å². The van der Waals surface area contributed by atoms with E-state index < -0.39 is 0 Å². The van der Waals surface area contributed by atoms with Crippen molar-refractivity contribution in [3.8, 4) is 33.8 Å². The van der Waals surface area contributed by atoms with Crippen molar-refractivity contribution in [2.24, 2.45) is 0 Å². The van der Waals surface area contributed by atoms with Gasteiger partial charge in [-0.05, 0) is 34.9 Å². The van der Waals surface area contributed by atoms with E-state index in [1.54, 1.807) is 18.3 Å². The smallest absolute Gasteiger partial charge is 0.235 e. The van der Waals surface area contributed by atoms with Crippen molar-refractivity contribution in [2.75, 3.05) is 0 Å². The minimum absolute atomic E-state index is 0. The van der Waals surface area contributed by atoms with Crippen LogP contribution >= 0.6 is 0 Å². The van der Waals surface area contributed by atoms with Crippen LogP contribution in [-0.4, -0.2) is 14.5 Å². The number of benzene rings is 3. The fourth-order valence-corrected chi connectivity index (χ4v) is 3.95. The molecule has 0 atom stereocenters. The monoisotopic (exact) mass is 617 g/mol. The summed E-state index contributed by atoms with van der Waals surface area (Å²) in [5.41, 5.74) is 6.85. The first kappa shape index (κ1) is 23.3. The van der Waals surface area contributed by atoms with Crippen LogP contribution < -0.4 is 0 Å². The molecule has 3 heterocycles. The Kier molecular flexibility index (Phi) is 7.44. The van der Waals surface area contributed by atoms with E-state index in [4.69, 9.17) is 6.57 Å². The molecule has 5 heteroatoms. The molecule has 0 unspecified atom stereocenters. The Morgan fingerprint density at radius 1 is 0.824 bits per heavy atom. The van der Waals surface area contributed by atoms with E-state index in [1.807, 2.05) is 60.9 Å². The van der Waals surface area contributed by atoms with Crippen molar-refractivity contribution in [1.29, 1.82) is 0 Å². The topological polar surface area (TPSA) is 35.1 Å². The molecule has 0 N–H and O–H groups in total. The summed E-state index contributed by atoms with van der Waals surface area (Å²) in [7, 11) is 0. The van der Waals surface area contributed by atoms with Crippen molar-refractivity contribution in [3.05, 3.63) is 127 Å². The number of fused-ring (bicyclic) bond motifs is 3. The molecule has 2 aromatic heterocycles. The van der Waals surface area contributed by atoms with E-state index in [2.05, 4.69) is 49.7 Å². The maximum Gasteiger partial charge on any atom is 0.235 e. The molecule has 0 saturated carbocycles. The van der Waals surface area contributed by atoms with E-state index in [0.717, 1.165) is 41.2 Å². The molecule has 0 bridgehead atoms. The molecule has 0 fully saturated rings. The predicted octanol–water partition coefficient (Wildman–Crippen LogP) is 6.67. The largest absolute Gasteiger partial charge is 0.371 e. The van der Waals surface area contributed by atoms with Gasteiger partial charge in [0.2, 0.25) is 5.69 Å². The first-order chi connectivity index (χ1) is 16.3. The average molecular weight is 617 g/mol. The molecule has 4 nitrogen and oxygen atoms in total. The Balaban J connectivity index is 0.000000169. The second-order valence-electron chi connectivity index (χ2n) is 7.60. The van der Waals surface area contributed by atoms with E-state index in [-0.39, 0.29) is 20.1 Å². The predicted molar refractivity (Wildman–Crippen MR) is 130 cm³/mol. The fourth-order valence-electron chi connectivity index (χ4n) is 3.95. The van der Waals surface area contributed by atoms with E-state index >= 15 is 0 Å². The van der Waals surface area contributed by atoms with Crippen molar-refractivity contribution in [2.45, 2.75) is 13.0 Å². The summed E-state index contributed by atoms with van der Waals surface area (Å²) in [6.45, 7) is 8.27. The molecular weight excluding hydrogens is 597 g/mol. The van der Waals surface area contributed by atoms with Crippen LogP contribution in [-0.2, 0) is 33.1 Å². The maximum absolute atomic E-state index is 7.23. The van der Waals surface area contributed by atoms with E-state index in [9.17, 15) is 0 Å². The number of rotatable bonds is 2. The molecule has 1 radical (unpaired) electrons. The summed E-state index contributed by atoms with van der Waals surface area (Å²) in [4.78, 5) is 12.2. The van der Waals surface area contributed by atoms with Crippen LogP contribution in [0.25, 0.3) is 38.6 Å². The van der Waals surface area contributed by atoms with Gasteiger partial charge in [-0.25, -0.2) is 0 Å². The molecule has 0 aliphatic carbocycles. The van der Waals surface area contributed by atoms with Gasteiger partial charge in [-0.3, -0.25) is 4.98 Å². The Bertz CT molecular complexity index is 1430. The molecular formula is C29H20IrN4-2. The van der Waals surface area contributed by atoms with Gasteiger partial charge in [0.1, 0.15) is 6.57 Å². The minimum Gasteiger partial charge on any atom is -0.371 e. The normalized spacial score (nSPS) is 11.0. The average Bonchev–Trinajstić information content (AvgIpc) is 3.39. The third-order valence-corrected chi connectivity index (χ3v) is 5.58. The molecule has 0 amide bonds. The number of pyridine rings is 1. The Labute approximate surface area is 213 Å². The fraction of sp³-hybridized carbons (Fsp3) is 0.0690. The summed E-state index contributed by atoms with van der Waals surface area (Å²) in [5.74, 6) is 1.06. The molecule has 5 aromatic rings. The third-order valence-electron chi connectivity index (χ3n) is 5.58. The minimum atomic E-state index is 0.